The molecule has 0 unspecified atom stereocenters. The van der Waals surface area contributed by atoms with Crippen molar-refractivity contribution in [1.29, 1.82) is 0 Å². The van der Waals surface area contributed by atoms with Crippen LogP contribution in [0.15, 0.2) is 18.2 Å². The van der Waals surface area contributed by atoms with E-state index in [2.05, 4.69) is 15.5 Å². The second-order valence-corrected chi connectivity index (χ2v) is 6.99. The SMILES string of the molecule is CN(C)C1(CNC(=O)N[C@@H]2CCc3ccc(F)cc32)CCOCC1. The van der Waals surface area contributed by atoms with Gasteiger partial charge in [-0.25, -0.2) is 9.18 Å². The third-order valence-electron chi connectivity index (χ3n) is 5.44. The van der Waals surface area contributed by atoms with E-state index in [9.17, 15) is 9.18 Å². The average Bonchev–Trinajstić information content (AvgIpc) is 2.96. The molecule has 0 aromatic heterocycles. The minimum atomic E-state index is -0.253. The van der Waals surface area contributed by atoms with Gasteiger partial charge in [-0.1, -0.05) is 6.07 Å². The topological polar surface area (TPSA) is 53.6 Å². The number of fused-ring (bicyclic) bond motifs is 1. The molecule has 1 fully saturated rings. The Kier molecular flexibility index (Phi) is 5.06. The molecule has 1 aliphatic heterocycles. The van der Waals surface area contributed by atoms with E-state index in [-0.39, 0.29) is 23.4 Å². The minimum Gasteiger partial charge on any atom is -0.381 e. The normalized spacial score (nSPS) is 22.2. The largest absolute Gasteiger partial charge is 0.381 e. The number of nitrogens with zero attached hydrogens (tertiary/aromatic N) is 1. The molecule has 24 heavy (non-hydrogen) atoms. The molecule has 1 aliphatic carbocycles. The van der Waals surface area contributed by atoms with Crippen LogP contribution in [0.1, 0.15) is 36.4 Å². The number of carbonyl (C=O) groups is 1. The number of nitrogens with one attached hydrogen (secondary N) is 2. The Balaban J connectivity index is 1.58. The number of halogens is 1. The van der Waals surface area contributed by atoms with Crippen molar-refractivity contribution >= 4 is 6.03 Å². The highest BCUT2D eigenvalue weighted by atomic mass is 19.1. The number of urea groups is 1. The van der Waals surface area contributed by atoms with E-state index in [0.717, 1.165) is 50.0 Å². The van der Waals surface area contributed by atoms with Crippen LogP contribution in [0.5, 0.6) is 0 Å². The summed E-state index contributed by atoms with van der Waals surface area (Å²) >= 11 is 0. The number of likely N-dealkylation sites (N-methyl/N-ethyl adjacent to an activating group) is 1. The van der Waals surface area contributed by atoms with Crippen LogP contribution in [-0.4, -0.2) is 50.3 Å². The smallest absolute Gasteiger partial charge is 0.315 e. The summed E-state index contributed by atoms with van der Waals surface area (Å²) in [5, 5.41) is 6.00. The predicted octanol–water partition coefficient (Wildman–Crippen LogP) is 2.22. The molecular formula is C18H26FN3O2. The zero-order valence-electron chi connectivity index (χ0n) is 14.4. The van der Waals surface area contributed by atoms with Crippen LogP contribution in [0, 0.1) is 5.82 Å². The van der Waals surface area contributed by atoms with Gasteiger partial charge in [0.2, 0.25) is 0 Å². The monoisotopic (exact) mass is 335 g/mol. The van der Waals surface area contributed by atoms with Crippen molar-refractivity contribution in [2.24, 2.45) is 0 Å². The number of rotatable bonds is 4. The number of amides is 2. The van der Waals surface area contributed by atoms with Crippen LogP contribution in [0.3, 0.4) is 0 Å². The van der Waals surface area contributed by atoms with E-state index < -0.39 is 0 Å². The van der Waals surface area contributed by atoms with E-state index in [1.54, 1.807) is 0 Å². The van der Waals surface area contributed by atoms with Gasteiger partial charge < -0.3 is 20.3 Å². The lowest BCUT2D eigenvalue weighted by Crippen LogP contribution is -2.56. The van der Waals surface area contributed by atoms with Gasteiger partial charge in [0, 0.05) is 25.3 Å². The van der Waals surface area contributed by atoms with Gasteiger partial charge in [-0.15, -0.1) is 0 Å². The Hall–Kier alpha value is -1.66. The molecule has 132 valence electrons. The number of aryl methyl sites for hydroxylation is 1. The van der Waals surface area contributed by atoms with Crippen molar-refractivity contribution in [1.82, 2.24) is 15.5 Å². The molecular weight excluding hydrogens is 309 g/mol. The first-order valence-corrected chi connectivity index (χ1v) is 8.58. The number of hydrogen-bond acceptors (Lipinski definition) is 3. The number of carbonyl (C=O) groups excluding carboxylic acids is 1. The molecule has 5 nitrogen and oxygen atoms in total. The second-order valence-electron chi connectivity index (χ2n) is 6.99. The zero-order chi connectivity index (χ0) is 17.2. The average molecular weight is 335 g/mol. The molecule has 2 N–H and O–H groups in total. The van der Waals surface area contributed by atoms with Crippen LogP contribution >= 0.6 is 0 Å². The Morgan fingerprint density at radius 3 is 2.83 bits per heavy atom. The Morgan fingerprint density at radius 2 is 2.12 bits per heavy atom. The summed E-state index contributed by atoms with van der Waals surface area (Å²) in [6.07, 6.45) is 3.49. The maximum Gasteiger partial charge on any atom is 0.315 e. The fraction of sp³-hybridized carbons (Fsp3) is 0.611. The van der Waals surface area contributed by atoms with Crippen molar-refractivity contribution in [2.45, 2.75) is 37.3 Å². The summed E-state index contributed by atoms with van der Waals surface area (Å²) in [5.41, 5.74) is 1.96. The molecule has 2 aliphatic rings. The third-order valence-corrected chi connectivity index (χ3v) is 5.44. The lowest BCUT2D eigenvalue weighted by Gasteiger charge is -2.42. The molecule has 0 spiro atoms. The predicted molar refractivity (Wildman–Crippen MR) is 90.5 cm³/mol. The maximum atomic E-state index is 13.5. The molecule has 1 saturated heterocycles. The van der Waals surface area contributed by atoms with Gasteiger partial charge >= 0.3 is 6.03 Å². The second kappa shape index (κ2) is 7.07. The van der Waals surface area contributed by atoms with E-state index >= 15 is 0 Å². The molecule has 0 radical (unpaired) electrons. The fourth-order valence-electron chi connectivity index (χ4n) is 3.71. The number of ether oxygens (including phenoxy) is 1. The van der Waals surface area contributed by atoms with Crippen molar-refractivity contribution < 1.29 is 13.9 Å². The van der Waals surface area contributed by atoms with Gasteiger partial charge in [0.15, 0.2) is 0 Å². The lowest BCUT2D eigenvalue weighted by molar-refractivity contribution is -0.00575. The molecule has 1 heterocycles. The van der Waals surface area contributed by atoms with Crippen LogP contribution < -0.4 is 10.6 Å². The van der Waals surface area contributed by atoms with Gasteiger partial charge in [0.1, 0.15) is 5.82 Å². The van der Waals surface area contributed by atoms with Crippen molar-refractivity contribution in [3.8, 4) is 0 Å². The highest BCUT2D eigenvalue weighted by molar-refractivity contribution is 5.74. The minimum absolute atomic E-state index is 0.0602. The summed E-state index contributed by atoms with van der Waals surface area (Å²) in [6, 6.07) is 4.53. The van der Waals surface area contributed by atoms with Crippen LogP contribution in [0.25, 0.3) is 0 Å². The molecule has 1 aromatic rings. The van der Waals surface area contributed by atoms with Gasteiger partial charge in [-0.3, -0.25) is 0 Å². The highest BCUT2D eigenvalue weighted by Crippen LogP contribution is 2.31. The van der Waals surface area contributed by atoms with E-state index in [1.807, 2.05) is 20.2 Å². The summed E-state index contributed by atoms with van der Waals surface area (Å²) < 4.78 is 18.9. The maximum absolute atomic E-state index is 13.5. The van der Waals surface area contributed by atoms with Gasteiger partial charge in [-0.2, -0.15) is 0 Å². The quantitative estimate of drug-likeness (QED) is 0.887. The molecule has 1 aromatic carbocycles. The molecule has 3 rings (SSSR count). The summed E-state index contributed by atoms with van der Waals surface area (Å²) in [4.78, 5) is 14.5. The van der Waals surface area contributed by atoms with Crippen molar-refractivity contribution in [3.63, 3.8) is 0 Å². The Bertz CT molecular complexity index is 600. The first-order valence-electron chi connectivity index (χ1n) is 8.58. The highest BCUT2D eigenvalue weighted by Gasteiger charge is 2.35. The van der Waals surface area contributed by atoms with Crippen molar-refractivity contribution in [3.05, 3.63) is 35.1 Å². The molecule has 2 amide bonds. The fourth-order valence-corrected chi connectivity index (χ4v) is 3.71. The number of benzene rings is 1. The molecule has 0 bridgehead atoms. The standard InChI is InChI=1S/C18H26FN3O2/c1-22(2)18(7-9-24-10-8-18)12-20-17(23)21-16-6-4-13-3-5-14(19)11-15(13)16/h3,5,11,16H,4,6-10,12H2,1-2H3,(H2,20,21,23)/t16-/m1/s1. The Labute approximate surface area is 142 Å². The van der Waals surface area contributed by atoms with Gasteiger partial charge in [-0.05, 0) is 63.0 Å². The summed E-state index contributed by atoms with van der Waals surface area (Å²) in [7, 11) is 4.09. The molecule has 6 heteroatoms. The zero-order valence-corrected chi connectivity index (χ0v) is 14.4. The molecule has 1 atom stereocenters. The van der Waals surface area contributed by atoms with E-state index in [4.69, 9.17) is 4.74 Å². The summed E-state index contributed by atoms with van der Waals surface area (Å²) in [5.74, 6) is -0.253. The first kappa shape index (κ1) is 17.2. The van der Waals surface area contributed by atoms with Crippen molar-refractivity contribution in [2.75, 3.05) is 33.9 Å². The summed E-state index contributed by atoms with van der Waals surface area (Å²) in [6.45, 7) is 2.02. The first-order chi connectivity index (χ1) is 11.5. The van der Waals surface area contributed by atoms with Gasteiger partial charge in [0.25, 0.3) is 0 Å². The number of hydrogen-bond donors (Lipinski definition) is 2. The van der Waals surface area contributed by atoms with E-state index in [0.29, 0.717) is 6.54 Å². The van der Waals surface area contributed by atoms with Crippen LogP contribution in [-0.2, 0) is 11.2 Å². The van der Waals surface area contributed by atoms with E-state index in [1.165, 1.54) is 12.1 Å². The third kappa shape index (κ3) is 3.54. The lowest BCUT2D eigenvalue weighted by atomic mass is 9.88. The molecule has 0 saturated carbocycles. The van der Waals surface area contributed by atoms with Gasteiger partial charge in [0.05, 0.1) is 6.04 Å². The van der Waals surface area contributed by atoms with Crippen LogP contribution in [0.2, 0.25) is 0 Å². The van der Waals surface area contributed by atoms with Crippen LogP contribution in [0.4, 0.5) is 9.18 Å². The Morgan fingerprint density at radius 1 is 1.38 bits per heavy atom.